The van der Waals surface area contributed by atoms with Crippen molar-refractivity contribution in [2.75, 3.05) is 5.32 Å². The van der Waals surface area contributed by atoms with Gasteiger partial charge in [-0.05, 0) is 12.5 Å². The Hall–Kier alpha value is -2.28. The predicted octanol–water partition coefficient (Wildman–Crippen LogP) is 2.25. The van der Waals surface area contributed by atoms with Crippen LogP contribution in [0.4, 0.5) is 5.95 Å². The minimum Gasteiger partial charge on any atom is -0.348 e. The average Bonchev–Trinajstić information content (AvgIpc) is 3.09. The summed E-state index contributed by atoms with van der Waals surface area (Å²) in [4.78, 5) is 13.1. The molecule has 102 valence electrons. The molecule has 0 bridgehead atoms. The molecular weight excluding hydrogens is 272 g/mol. The minimum atomic E-state index is 0.602. The van der Waals surface area contributed by atoms with Crippen molar-refractivity contribution in [3.63, 3.8) is 0 Å². The van der Waals surface area contributed by atoms with Crippen LogP contribution in [0, 0.1) is 6.92 Å². The first-order chi connectivity index (χ1) is 9.72. The van der Waals surface area contributed by atoms with E-state index in [1.54, 1.807) is 28.4 Å². The lowest BCUT2D eigenvalue weighted by Crippen LogP contribution is -2.04. The number of rotatable bonds is 4. The van der Waals surface area contributed by atoms with Gasteiger partial charge in [-0.3, -0.25) is 4.68 Å². The SMILES string of the molecule is Cc1cnc(NCc2nccs2)nc1-c1cnn(C)c1. The van der Waals surface area contributed by atoms with Crippen molar-refractivity contribution in [2.45, 2.75) is 13.5 Å². The zero-order valence-corrected chi connectivity index (χ0v) is 12.1. The molecule has 0 saturated carbocycles. The molecule has 1 N–H and O–H groups in total. The Labute approximate surface area is 120 Å². The average molecular weight is 286 g/mol. The Balaban J connectivity index is 1.83. The van der Waals surface area contributed by atoms with Crippen LogP contribution in [0.3, 0.4) is 0 Å². The van der Waals surface area contributed by atoms with Gasteiger partial charge < -0.3 is 5.32 Å². The Morgan fingerprint density at radius 3 is 2.90 bits per heavy atom. The molecule has 0 fully saturated rings. The monoisotopic (exact) mass is 286 g/mol. The number of anilines is 1. The Kier molecular flexibility index (Phi) is 3.42. The number of hydrogen-bond acceptors (Lipinski definition) is 6. The van der Waals surface area contributed by atoms with Crippen LogP contribution in [0.2, 0.25) is 0 Å². The van der Waals surface area contributed by atoms with Crippen LogP contribution >= 0.6 is 11.3 Å². The van der Waals surface area contributed by atoms with Gasteiger partial charge in [0.05, 0.1) is 18.4 Å². The molecular formula is C13H14N6S. The lowest BCUT2D eigenvalue weighted by Gasteiger charge is -2.06. The van der Waals surface area contributed by atoms with Crippen LogP contribution in [0.1, 0.15) is 10.6 Å². The van der Waals surface area contributed by atoms with Gasteiger partial charge in [0.1, 0.15) is 5.01 Å². The van der Waals surface area contributed by atoms with Gasteiger partial charge in [0.2, 0.25) is 5.95 Å². The molecule has 7 heteroatoms. The second-order valence-corrected chi connectivity index (χ2v) is 5.39. The van der Waals surface area contributed by atoms with Crippen molar-refractivity contribution in [3.8, 4) is 11.3 Å². The van der Waals surface area contributed by atoms with E-state index in [-0.39, 0.29) is 0 Å². The first-order valence-corrected chi connectivity index (χ1v) is 7.05. The van der Waals surface area contributed by atoms with E-state index in [2.05, 4.69) is 25.4 Å². The molecule has 0 unspecified atom stereocenters. The van der Waals surface area contributed by atoms with Crippen molar-refractivity contribution >= 4 is 17.3 Å². The summed E-state index contributed by atoms with van der Waals surface area (Å²) in [6.07, 6.45) is 7.36. The van der Waals surface area contributed by atoms with E-state index in [4.69, 9.17) is 0 Å². The van der Waals surface area contributed by atoms with Gasteiger partial charge in [-0.25, -0.2) is 15.0 Å². The second-order valence-electron chi connectivity index (χ2n) is 4.41. The minimum absolute atomic E-state index is 0.602. The maximum atomic E-state index is 4.56. The predicted molar refractivity (Wildman–Crippen MR) is 78.4 cm³/mol. The zero-order valence-electron chi connectivity index (χ0n) is 11.2. The molecule has 0 aliphatic rings. The molecule has 0 saturated heterocycles. The molecule has 0 spiro atoms. The summed E-state index contributed by atoms with van der Waals surface area (Å²) in [6, 6.07) is 0. The third kappa shape index (κ3) is 2.67. The summed E-state index contributed by atoms with van der Waals surface area (Å²) in [5, 5.41) is 10.3. The first-order valence-electron chi connectivity index (χ1n) is 6.17. The summed E-state index contributed by atoms with van der Waals surface area (Å²) in [5.74, 6) is 0.602. The van der Waals surface area contributed by atoms with E-state index in [0.29, 0.717) is 12.5 Å². The molecule has 3 rings (SSSR count). The fraction of sp³-hybridized carbons (Fsp3) is 0.231. The molecule has 20 heavy (non-hydrogen) atoms. The van der Waals surface area contributed by atoms with Gasteiger partial charge in [-0.15, -0.1) is 11.3 Å². The fourth-order valence-corrected chi connectivity index (χ4v) is 2.41. The van der Waals surface area contributed by atoms with Crippen LogP contribution in [-0.4, -0.2) is 24.7 Å². The maximum absolute atomic E-state index is 4.56. The molecule has 0 amide bonds. The molecule has 0 aliphatic carbocycles. The van der Waals surface area contributed by atoms with Crippen molar-refractivity contribution in [2.24, 2.45) is 7.05 Å². The summed E-state index contributed by atoms with van der Waals surface area (Å²) in [5.41, 5.74) is 2.91. The van der Waals surface area contributed by atoms with Crippen molar-refractivity contribution in [1.82, 2.24) is 24.7 Å². The molecule has 0 radical (unpaired) electrons. The summed E-state index contributed by atoms with van der Waals surface area (Å²) >= 11 is 1.61. The summed E-state index contributed by atoms with van der Waals surface area (Å²) in [6.45, 7) is 2.63. The smallest absolute Gasteiger partial charge is 0.223 e. The van der Waals surface area contributed by atoms with Gasteiger partial charge in [0, 0.05) is 36.6 Å². The van der Waals surface area contributed by atoms with Gasteiger partial charge in [0.25, 0.3) is 0 Å². The second kappa shape index (κ2) is 5.38. The molecule has 3 aromatic heterocycles. The van der Waals surface area contributed by atoms with Crippen molar-refractivity contribution in [1.29, 1.82) is 0 Å². The molecule has 3 aromatic rings. The number of aryl methyl sites for hydroxylation is 2. The van der Waals surface area contributed by atoms with E-state index < -0.39 is 0 Å². The maximum Gasteiger partial charge on any atom is 0.223 e. The van der Waals surface area contributed by atoms with E-state index >= 15 is 0 Å². The van der Waals surface area contributed by atoms with E-state index in [0.717, 1.165) is 21.8 Å². The molecule has 3 heterocycles. The summed E-state index contributed by atoms with van der Waals surface area (Å²) < 4.78 is 1.76. The number of aromatic nitrogens is 5. The first kappa shape index (κ1) is 12.7. The number of nitrogens with one attached hydrogen (secondary N) is 1. The Morgan fingerprint density at radius 2 is 2.20 bits per heavy atom. The molecule has 0 aliphatic heterocycles. The van der Waals surface area contributed by atoms with Crippen molar-refractivity contribution < 1.29 is 0 Å². The zero-order chi connectivity index (χ0) is 13.9. The molecule has 6 nitrogen and oxygen atoms in total. The van der Waals surface area contributed by atoms with E-state index in [1.165, 1.54) is 0 Å². The topological polar surface area (TPSA) is 68.5 Å². The van der Waals surface area contributed by atoms with Crippen molar-refractivity contribution in [3.05, 3.63) is 40.7 Å². The number of nitrogens with zero attached hydrogens (tertiary/aromatic N) is 5. The van der Waals surface area contributed by atoms with Crippen LogP contribution in [0.15, 0.2) is 30.2 Å². The van der Waals surface area contributed by atoms with Gasteiger partial charge in [0.15, 0.2) is 0 Å². The standard InChI is InChI=1S/C13H14N6S/c1-9-5-15-13(16-7-11-14-3-4-20-11)18-12(9)10-6-17-19(2)8-10/h3-6,8H,7H2,1-2H3,(H,15,16,18). The highest BCUT2D eigenvalue weighted by molar-refractivity contribution is 7.09. The van der Waals surface area contributed by atoms with Gasteiger partial charge >= 0.3 is 0 Å². The highest BCUT2D eigenvalue weighted by Gasteiger charge is 2.08. The highest BCUT2D eigenvalue weighted by Crippen LogP contribution is 2.21. The normalized spacial score (nSPS) is 10.7. The van der Waals surface area contributed by atoms with Gasteiger partial charge in [-0.1, -0.05) is 0 Å². The van der Waals surface area contributed by atoms with Crippen LogP contribution in [-0.2, 0) is 13.6 Å². The highest BCUT2D eigenvalue weighted by atomic mass is 32.1. The lowest BCUT2D eigenvalue weighted by molar-refractivity contribution is 0.768. The van der Waals surface area contributed by atoms with E-state index in [9.17, 15) is 0 Å². The summed E-state index contributed by atoms with van der Waals surface area (Å²) in [7, 11) is 1.89. The van der Waals surface area contributed by atoms with E-state index in [1.807, 2.05) is 31.7 Å². The fourth-order valence-electron chi connectivity index (χ4n) is 1.86. The largest absolute Gasteiger partial charge is 0.348 e. The third-order valence-corrected chi connectivity index (χ3v) is 3.61. The number of hydrogen-bond donors (Lipinski definition) is 1. The van der Waals surface area contributed by atoms with Crippen LogP contribution in [0.5, 0.6) is 0 Å². The number of thiazole rings is 1. The van der Waals surface area contributed by atoms with Crippen LogP contribution in [0.25, 0.3) is 11.3 Å². The Morgan fingerprint density at radius 1 is 1.30 bits per heavy atom. The molecule has 0 aromatic carbocycles. The van der Waals surface area contributed by atoms with Gasteiger partial charge in [-0.2, -0.15) is 5.10 Å². The molecule has 0 atom stereocenters. The third-order valence-electron chi connectivity index (χ3n) is 2.83. The Bertz CT molecular complexity index is 703. The van der Waals surface area contributed by atoms with Crippen LogP contribution < -0.4 is 5.32 Å². The quantitative estimate of drug-likeness (QED) is 0.796. The lowest BCUT2D eigenvalue weighted by atomic mass is 10.1.